The van der Waals surface area contributed by atoms with Crippen LogP contribution in [0.25, 0.3) is 0 Å². The number of benzene rings is 3. The Bertz CT molecular complexity index is 987. The molecule has 0 unspecified atom stereocenters. The molecule has 0 heterocycles. The normalized spacial score (nSPS) is 10.2. The number of nitrogens with one attached hydrogen (secondary N) is 2. The third-order valence-electron chi connectivity index (χ3n) is 3.89. The number of halogens is 1. The van der Waals surface area contributed by atoms with Crippen LogP contribution in [0.4, 0.5) is 15.8 Å². The molecule has 0 aliphatic heterocycles. The smallest absolute Gasteiger partial charge is 0.255 e. The van der Waals surface area contributed by atoms with Crippen LogP contribution < -0.4 is 15.4 Å². The van der Waals surface area contributed by atoms with E-state index in [1.807, 2.05) is 6.92 Å². The molecule has 0 atom stereocenters. The van der Waals surface area contributed by atoms with Crippen molar-refractivity contribution in [3.8, 4) is 5.75 Å². The molecule has 0 fully saturated rings. The fourth-order valence-electron chi connectivity index (χ4n) is 2.58. The number of carbonyl (C=O) groups is 2. The number of anilines is 2. The molecule has 0 spiro atoms. The highest BCUT2D eigenvalue weighted by atomic mass is 19.1. The maximum Gasteiger partial charge on any atom is 0.255 e. The molecule has 142 valence electrons. The minimum absolute atomic E-state index is 0.300. The van der Waals surface area contributed by atoms with Crippen LogP contribution in [0.3, 0.4) is 0 Å². The highest BCUT2D eigenvalue weighted by Gasteiger charge is 2.10. The number of hydrogen-bond acceptors (Lipinski definition) is 3. The first-order chi connectivity index (χ1) is 13.5. The van der Waals surface area contributed by atoms with Crippen molar-refractivity contribution in [3.05, 3.63) is 89.7 Å². The van der Waals surface area contributed by atoms with Crippen LogP contribution in [0.15, 0.2) is 72.8 Å². The summed E-state index contributed by atoms with van der Waals surface area (Å²) in [5, 5.41) is 5.38. The second-order valence-corrected chi connectivity index (χ2v) is 5.96. The highest BCUT2D eigenvalue weighted by molar-refractivity contribution is 6.07. The van der Waals surface area contributed by atoms with Crippen molar-refractivity contribution in [3.63, 3.8) is 0 Å². The second kappa shape index (κ2) is 8.81. The van der Waals surface area contributed by atoms with Gasteiger partial charge in [0.15, 0.2) is 0 Å². The van der Waals surface area contributed by atoms with Crippen molar-refractivity contribution in [1.82, 2.24) is 0 Å². The molecule has 5 nitrogen and oxygen atoms in total. The van der Waals surface area contributed by atoms with Crippen molar-refractivity contribution in [2.24, 2.45) is 0 Å². The van der Waals surface area contributed by atoms with Gasteiger partial charge in [-0.3, -0.25) is 9.59 Å². The third kappa shape index (κ3) is 4.94. The van der Waals surface area contributed by atoms with Crippen molar-refractivity contribution in [1.29, 1.82) is 0 Å². The van der Waals surface area contributed by atoms with Crippen molar-refractivity contribution >= 4 is 23.2 Å². The van der Waals surface area contributed by atoms with E-state index in [1.165, 1.54) is 18.2 Å². The molecule has 2 N–H and O–H groups in total. The molecule has 0 aliphatic carbocycles. The minimum atomic E-state index is -0.436. The molecule has 0 radical (unpaired) electrons. The molecule has 0 aromatic heterocycles. The molecule has 28 heavy (non-hydrogen) atoms. The maximum absolute atomic E-state index is 13.3. The summed E-state index contributed by atoms with van der Waals surface area (Å²) in [6.45, 7) is 2.44. The Morgan fingerprint density at radius 3 is 2.07 bits per heavy atom. The summed E-state index contributed by atoms with van der Waals surface area (Å²) in [4.78, 5) is 24.8. The van der Waals surface area contributed by atoms with E-state index in [-0.39, 0.29) is 5.91 Å². The van der Waals surface area contributed by atoms with E-state index >= 15 is 0 Å². The predicted molar refractivity (Wildman–Crippen MR) is 106 cm³/mol. The minimum Gasteiger partial charge on any atom is -0.494 e. The van der Waals surface area contributed by atoms with Crippen molar-refractivity contribution < 1.29 is 18.7 Å². The van der Waals surface area contributed by atoms with Gasteiger partial charge in [-0.15, -0.1) is 0 Å². The molecule has 3 aromatic carbocycles. The van der Waals surface area contributed by atoms with E-state index in [9.17, 15) is 14.0 Å². The van der Waals surface area contributed by atoms with Gasteiger partial charge in [0.25, 0.3) is 11.8 Å². The zero-order valence-corrected chi connectivity index (χ0v) is 15.2. The number of hydrogen-bond donors (Lipinski definition) is 2. The van der Waals surface area contributed by atoms with E-state index in [1.54, 1.807) is 54.6 Å². The number of rotatable bonds is 6. The molecular weight excluding hydrogens is 359 g/mol. The zero-order chi connectivity index (χ0) is 19.9. The summed E-state index contributed by atoms with van der Waals surface area (Å²) in [5.74, 6) is -0.447. The first kappa shape index (κ1) is 19.1. The number of amides is 2. The van der Waals surface area contributed by atoms with Gasteiger partial charge < -0.3 is 15.4 Å². The van der Waals surface area contributed by atoms with Gasteiger partial charge in [0.1, 0.15) is 11.6 Å². The zero-order valence-electron chi connectivity index (χ0n) is 15.2. The van der Waals surface area contributed by atoms with Crippen molar-refractivity contribution in [2.45, 2.75) is 6.92 Å². The highest BCUT2D eigenvalue weighted by Crippen LogP contribution is 2.17. The second-order valence-electron chi connectivity index (χ2n) is 5.96. The maximum atomic E-state index is 13.3. The van der Waals surface area contributed by atoms with E-state index in [0.717, 1.165) is 0 Å². The summed E-state index contributed by atoms with van der Waals surface area (Å²) < 4.78 is 18.6. The van der Waals surface area contributed by atoms with Crippen LogP contribution in [0.1, 0.15) is 27.6 Å². The Balaban J connectivity index is 1.68. The number of carbonyl (C=O) groups excluding carboxylic acids is 2. The van der Waals surface area contributed by atoms with Gasteiger partial charge in [0, 0.05) is 22.5 Å². The lowest BCUT2D eigenvalue weighted by atomic mass is 10.1. The lowest BCUT2D eigenvalue weighted by molar-refractivity contribution is 0.101. The summed E-state index contributed by atoms with van der Waals surface area (Å²) in [7, 11) is 0. The Morgan fingerprint density at radius 2 is 1.43 bits per heavy atom. The molecule has 2 amide bonds. The van der Waals surface area contributed by atoms with Gasteiger partial charge in [0.2, 0.25) is 0 Å². The Morgan fingerprint density at radius 1 is 0.821 bits per heavy atom. The van der Waals surface area contributed by atoms with Crippen LogP contribution in [-0.4, -0.2) is 18.4 Å². The van der Waals surface area contributed by atoms with Crippen LogP contribution in [-0.2, 0) is 0 Å². The largest absolute Gasteiger partial charge is 0.494 e. The lowest BCUT2D eigenvalue weighted by Gasteiger charge is -2.09. The molecule has 3 rings (SSSR count). The summed E-state index contributed by atoms with van der Waals surface area (Å²) in [6.07, 6.45) is 0. The van der Waals surface area contributed by atoms with Crippen LogP contribution in [0.5, 0.6) is 5.75 Å². The van der Waals surface area contributed by atoms with Gasteiger partial charge in [-0.1, -0.05) is 12.1 Å². The topological polar surface area (TPSA) is 67.4 Å². The Kier molecular flexibility index (Phi) is 6.01. The molecule has 3 aromatic rings. The quantitative estimate of drug-likeness (QED) is 0.652. The number of ether oxygens (including phenoxy) is 1. The van der Waals surface area contributed by atoms with Gasteiger partial charge >= 0.3 is 0 Å². The van der Waals surface area contributed by atoms with E-state index in [0.29, 0.717) is 34.9 Å². The van der Waals surface area contributed by atoms with E-state index in [2.05, 4.69) is 10.6 Å². The monoisotopic (exact) mass is 378 g/mol. The molecule has 6 heteroatoms. The standard InChI is InChI=1S/C22H19FN2O3/c1-2-28-20-11-9-15(10-12-20)21(26)24-18-7-3-5-16(13-18)22(27)25-19-8-4-6-17(23)14-19/h3-14H,2H2,1H3,(H,24,26)(H,25,27). The first-order valence-corrected chi connectivity index (χ1v) is 8.76. The van der Waals surface area contributed by atoms with E-state index < -0.39 is 11.7 Å². The summed E-state index contributed by atoms with van der Waals surface area (Å²) in [6, 6.07) is 18.9. The fourth-order valence-corrected chi connectivity index (χ4v) is 2.58. The van der Waals surface area contributed by atoms with Crippen molar-refractivity contribution in [2.75, 3.05) is 17.2 Å². The molecule has 0 saturated heterocycles. The predicted octanol–water partition coefficient (Wildman–Crippen LogP) is 4.73. The lowest BCUT2D eigenvalue weighted by Crippen LogP contribution is -2.14. The van der Waals surface area contributed by atoms with Gasteiger partial charge in [-0.2, -0.15) is 0 Å². The summed E-state index contributed by atoms with van der Waals surface area (Å²) in [5.41, 5.74) is 1.64. The van der Waals surface area contributed by atoms with Gasteiger partial charge in [-0.25, -0.2) is 4.39 Å². The summed E-state index contributed by atoms with van der Waals surface area (Å²) >= 11 is 0. The third-order valence-corrected chi connectivity index (χ3v) is 3.89. The Labute approximate surface area is 162 Å². The first-order valence-electron chi connectivity index (χ1n) is 8.76. The van der Waals surface area contributed by atoms with Gasteiger partial charge in [-0.05, 0) is 67.6 Å². The van der Waals surface area contributed by atoms with Crippen LogP contribution in [0, 0.1) is 5.82 Å². The molecule has 0 aliphatic rings. The molecule has 0 bridgehead atoms. The van der Waals surface area contributed by atoms with Gasteiger partial charge in [0.05, 0.1) is 6.61 Å². The SMILES string of the molecule is CCOc1ccc(C(=O)Nc2cccc(C(=O)Nc3cccc(F)c3)c2)cc1. The van der Waals surface area contributed by atoms with Crippen LogP contribution in [0.2, 0.25) is 0 Å². The Hall–Kier alpha value is -3.67. The van der Waals surface area contributed by atoms with Crippen LogP contribution >= 0.6 is 0 Å². The molecular formula is C22H19FN2O3. The average Bonchev–Trinajstić information content (AvgIpc) is 2.69. The average molecular weight is 378 g/mol. The fraction of sp³-hybridized carbons (Fsp3) is 0.0909. The molecule has 0 saturated carbocycles. The van der Waals surface area contributed by atoms with E-state index in [4.69, 9.17) is 4.74 Å².